The monoisotopic (exact) mass is 280 g/mol. The molecule has 1 heterocycles. The van der Waals surface area contributed by atoms with Gasteiger partial charge in [-0.2, -0.15) is 0 Å². The van der Waals surface area contributed by atoms with Gasteiger partial charge < -0.3 is 0 Å². The molecule has 1 saturated heterocycles. The number of hydrazine groups is 1. The van der Waals surface area contributed by atoms with Gasteiger partial charge in [-0.1, -0.05) is 57.2 Å². The minimum Gasteiger partial charge on any atom is -0.287 e. The van der Waals surface area contributed by atoms with E-state index in [0.717, 1.165) is 11.1 Å². The van der Waals surface area contributed by atoms with E-state index >= 15 is 0 Å². The summed E-state index contributed by atoms with van der Waals surface area (Å²) in [4.78, 5) is 11.8. The molecule has 0 unspecified atom stereocenters. The quantitative estimate of drug-likeness (QED) is 0.788. The van der Waals surface area contributed by atoms with Crippen molar-refractivity contribution in [1.82, 2.24) is 10.9 Å². The molecule has 0 saturated carbocycles. The third-order valence-electron chi connectivity index (χ3n) is 3.87. The minimum absolute atomic E-state index is 0.0267. The molecule has 3 heteroatoms. The van der Waals surface area contributed by atoms with E-state index < -0.39 is 0 Å². The highest BCUT2D eigenvalue weighted by molar-refractivity contribution is 6.03. The number of nitrogens with one attached hydrogen (secondary N) is 2. The molecule has 0 spiro atoms. The van der Waals surface area contributed by atoms with Gasteiger partial charge in [0.05, 0.1) is 0 Å². The van der Waals surface area contributed by atoms with Gasteiger partial charge in [-0.25, -0.2) is 5.43 Å². The van der Waals surface area contributed by atoms with Crippen molar-refractivity contribution in [2.45, 2.75) is 26.2 Å². The topological polar surface area (TPSA) is 41.1 Å². The average molecular weight is 280 g/mol. The number of benzene rings is 2. The van der Waals surface area contributed by atoms with Crippen molar-refractivity contribution in [2.24, 2.45) is 0 Å². The third-order valence-corrected chi connectivity index (χ3v) is 3.87. The Bertz CT molecular complexity index is 738. The summed E-state index contributed by atoms with van der Waals surface area (Å²) < 4.78 is 0. The Morgan fingerprint density at radius 3 is 2.52 bits per heavy atom. The fourth-order valence-corrected chi connectivity index (χ4v) is 2.78. The summed E-state index contributed by atoms with van der Waals surface area (Å²) in [6.45, 7) is 7.16. The lowest BCUT2D eigenvalue weighted by Crippen LogP contribution is -2.25. The molecule has 2 aromatic carbocycles. The van der Waals surface area contributed by atoms with Gasteiger partial charge in [-0.3, -0.25) is 10.2 Å². The van der Waals surface area contributed by atoms with E-state index in [1.54, 1.807) is 0 Å². The number of carbonyl (C=O) groups excluding carboxylic acids is 1. The van der Waals surface area contributed by atoms with Crippen LogP contribution >= 0.6 is 0 Å². The first-order valence-corrected chi connectivity index (χ1v) is 7.23. The van der Waals surface area contributed by atoms with Gasteiger partial charge in [0.2, 0.25) is 0 Å². The summed E-state index contributed by atoms with van der Waals surface area (Å²) in [5.41, 5.74) is 8.73. The van der Waals surface area contributed by atoms with E-state index in [9.17, 15) is 4.79 Å². The number of hydrogen-bond acceptors (Lipinski definition) is 2. The smallest absolute Gasteiger partial charge is 0.262 e. The normalized spacial score (nSPS) is 17.5. The second kappa shape index (κ2) is 5.01. The van der Waals surface area contributed by atoms with E-state index in [0.29, 0.717) is 6.54 Å². The molecule has 2 N–H and O–H groups in total. The van der Waals surface area contributed by atoms with Crippen LogP contribution in [0.15, 0.2) is 42.0 Å². The van der Waals surface area contributed by atoms with Crippen LogP contribution < -0.4 is 10.9 Å². The van der Waals surface area contributed by atoms with Crippen LogP contribution in [0.4, 0.5) is 0 Å². The standard InChI is InChI=1S/C18H20N2O/c1-18(2,3)16-9-8-12-6-4-5-7-14(12)15(16)10-13-11-19-20-17(13)21/h4-10,19H,11H2,1-3H3,(H,20,21)/b13-10+. The molecule has 1 amide bonds. The highest BCUT2D eigenvalue weighted by Gasteiger charge is 2.21. The molecule has 21 heavy (non-hydrogen) atoms. The molecule has 1 aliphatic rings. The van der Waals surface area contributed by atoms with Crippen molar-refractivity contribution in [1.29, 1.82) is 0 Å². The molecule has 0 aliphatic carbocycles. The molecule has 0 atom stereocenters. The van der Waals surface area contributed by atoms with Crippen molar-refractivity contribution in [2.75, 3.05) is 6.54 Å². The Morgan fingerprint density at radius 2 is 1.86 bits per heavy atom. The second-order valence-electron chi connectivity index (χ2n) is 6.48. The first kappa shape index (κ1) is 13.8. The molecule has 1 fully saturated rings. The minimum atomic E-state index is -0.0391. The maximum absolute atomic E-state index is 11.8. The van der Waals surface area contributed by atoms with Crippen molar-refractivity contribution in [3.05, 3.63) is 53.1 Å². The Labute approximate surface area is 125 Å². The van der Waals surface area contributed by atoms with Gasteiger partial charge in [0.15, 0.2) is 0 Å². The summed E-state index contributed by atoms with van der Waals surface area (Å²) in [7, 11) is 0. The van der Waals surface area contributed by atoms with Crippen molar-refractivity contribution in [3.63, 3.8) is 0 Å². The summed E-state index contributed by atoms with van der Waals surface area (Å²) in [5, 5.41) is 2.39. The SMILES string of the molecule is CC(C)(C)c1ccc2ccccc2c1/C=C1\CNNC1=O. The molecule has 1 aliphatic heterocycles. The van der Waals surface area contributed by atoms with Gasteiger partial charge in [0.1, 0.15) is 0 Å². The predicted octanol–water partition coefficient (Wildman–Crippen LogP) is 3.16. The summed E-state index contributed by atoms with van der Waals surface area (Å²) in [6, 6.07) is 12.7. The Kier molecular flexibility index (Phi) is 3.30. The van der Waals surface area contributed by atoms with E-state index in [4.69, 9.17) is 0 Å². The zero-order valence-corrected chi connectivity index (χ0v) is 12.7. The van der Waals surface area contributed by atoms with Gasteiger partial charge in [0.25, 0.3) is 5.91 Å². The Morgan fingerprint density at radius 1 is 1.10 bits per heavy atom. The molecular weight excluding hydrogens is 260 g/mol. The molecule has 0 aromatic heterocycles. The molecule has 108 valence electrons. The lowest BCUT2D eigenvalue weighted by molar-refractivity contribution is -0.116. The van der Waals surface area contributed by atoms with E-state index in [1.807, 2.05) is 18.2 Å². The second-order valence-corrected chi connectivity index (χ2v) is 6.48. The first-order valence-electron chi connectivity index (χ1n) is 7.23. The predicted molar refractivity (Wildman–Crippen MR) is 86.8 cm³/mol. The number of carbonyl (C=O) groups is 1. The van der Waals surface area contributed by atoms with Crippen molar-refractivity contribution >= 4 is 22.8 Å². The average Bonchev–Trinajstić information content (AvgIpc) is 2.83. The molecule has 3 nitrogen and oxygen atoms in total. The maximum Gasteiger partial charge on any atom is 0.262 e. The fourth-order valence-electron chi connectivity index (χ4n) is 2.78. The third kappa shape index (κ3) is 2.57. The summed E-state index contributed by atoms with van der Waals surface area (Å²) >= 11 is 0. The summed E-state index contributed by atoms with van der Waals surface area (Å²) in [5.74, 6) is -0.0391. The van der Waals surface area contributed by atoms with E-state index in [-0.39, 0.29) is 11.3 Å². The Balaban J connectivity index is 2.28. The van der Waals surface area contributed by atoms with Crippen LogP contribution in [0.3, 0.4) is 0 Å². The molecular formula is C18H20N2O. The van der Waals surface area contributed by atoms with Gasteiger partial charge in [-0.15, -0.1) is 0 Å². The van der Waals surface area contributed by atoms with Crippen LogP contribution in [-0.4, -0.2) is 12.5 Å². The number of rotatable bonds is 1. The molecule has 2 aromatic rings. The number of hydrogen-bond donors (Lipinski definition) is 2. The summed E-state index contributed by atoms with van der Waals surface area (Å²) in [6.07, 6.45) is 2.03. The van der Waals surface area contributed by atoms with E-state index in [2.05, 4.69) is 55.9 Å². The highest BCUT2D eigenvalue weighted by Crippen LogP contribution is 2.33. The van der Waals surface area contributed by atoms with Crippen LogP contribution in [-0.2, 0) is 10.2 Å². The Hall–Kier alpha value is -2.13. The zero-order valence-electron chi connectivity index (χ0n) is 12.7. The fraction of sp³-hybridized carbons (Fsp3) is 0.278. The number of fused-ring (bicyclic) bond motifs is 1. The molecule has 0 radical (unpaired) electrons. The van der Waals surface area contributed by atoms with E-state index in [1.165, 1.54) is 16.3 Å². The zero-order chi connectivity index (χ0) is 15.0. The largest absolute Gasteiger partial charge is 0.287 e. The molecule has 3 rings (SSSR count). The van der Waals surface area contributed by atoms with Crippen LogP contribution in [0.25, 0.3) is 16.8 Å². The molecule has 0 bridgehead atoms. The number of amides is 1. The lowest BCUT2D eigenvalue weighted by Gasteiger charge is -2.23. The lowest BCUT2D eigenvalue weighted by atomic mass is 9.81. The van der Waals surface area contributed by atoms with Crippen LogP contribution in [0.1, 0.15) is 31.9 Å². The van der Waals surface area contributed by atoms with Gasteiger partial charge in [0, 0.05) is 12.1 Å². The van der Waals surface area contributed by atoms with Crippen molar-refractivity contribution in [3.8, 4) is 0 Å². The van der Waals surface area contributed by atoms with Crippen LogP contribution in [0.5, 0.6) is 0 Å². The van der Waals surface area contributed by atoms with Crippen molar-refractivity contribution < 1.29 is 4.79 Å². The van der Waals surface area contributed by atoms with Gasteiger partial charge in [-0.05, 0) is 33.4 Å². The highest BCUT2D eigenvalue weighted by atomic mass is 16.2. The van der Waals surface area contributed by atoms with Crippen LogP contribution in [0, 0.1) is 0 Å². The van der Waals surface area contributed by atoms with Gasteiger partial charge >= 0.3 is 0 Å². The van der Waals surface area contributed by atoms with Crippen LogP contribution in [0.2, 0.25) is 0 Å². The maximum atomic E-state index is 11.8. The first-order chi connectivity index (χ1) is 9.97.